The summed E-state index contributed by atoms with van der Waals surface area (Å²) < 4.78 is 2.19. The van der Waals surface area contributed by atoms with Gasteiger partial charge in [-0.25, -0.2) is 0 Å². The molecule has 3 aliphatic rings. The molecule has 0 aromatic carbocycles. The molecule has 1 saturated carbocycles. The van der Waals surface area contributed by atoms with E-state index in [9.17, 15) is 4.79 Å². The first kappa shape index (κ1) is 13.4. The molecule has 2 atom stereocenters. The number of hydrogen-bond acceptors (Lipinski definition) is 2. The lowest BCUT2D eigenvalue weighted by molar-refractivity contribution is 0.0640. The van der Waals surface area contributed by atoms with Crippen LogP contribution >= 0.6 is 0 Å². The van der Waals surface area contributed by atoms with Crippen LogP contribution in [-0.2, 0) is 0 Å². The van der Waals surface area contributed by atoms with Gasteiger partial charge in [0.2, 0.25) is 0 Å². The molecule has 2 saturated heterocycles. The fraction of sp³-hybridized carbons (Fsp3) is 0.706. The Balaban J connectivity index is 1.47. The van der Waals surface area contributed by atoms with Crippen molar-refractivity contribution in [3.63, 3.8) is 0 Å². The number of amides is 1. The van der Waals surface area contributed by atoms with Gasteiger partial charge in [0.1, 0.15) is 5.69 Å². The monoisotopic (exact) mass is 287 g/mol. The van der Waals surface area contributed by atoms with Crippen molar-refractivity contribution in [3.05, 3.63) is 24.0 Å². The minimum atomic E-state index is 0.245. The van der Waals surface area contributed by atoms with Crippen LogP contribution in [0.25, 0.3) is 0 Å². The minimum absolute atomic E-state index is 0.245. The van der Waals surface area contributed by atoms with Gasteiger partial charge >= 0.3 is 0 Å². The first-order valence-electron chi connectivity index (χ1n) is 8.52. The molecule has 4 nitrogen and oxygen atoms in total. The number of piperidine rings is 1. The molecule has 3 fully saturated rings. The standard InChI is InChI=1S/C17H25N3O/c21-17(16-6-3-11-20(16)14-7-8-14)19-10-2-4-13(12-19)15-5-1-9-18-15/h3,6,11,13-15,18H,1-2,4-5,7-10,12H2. The van der Waals surface area contributed by atoms with E-state index < -0.39 is 0 Å². The number of nitrogens with zero attached hydrogens (tertiary/aromatic N) is 2. The molecule has 4 rings (SSSR count). The fourth-order valence-corrected chi connectivity index (χ4v) is 4.04. The van der Waals surface area contributed by atoms with E-state index in [4.69, 9.17) is 0 Å². The van der Waals surface area contributed by atoms with Crippen molar-refractivity contribution in [1.82, 2.24) is 14.8 Å². The van der Waals surface area contributed by atoms with E-state index in [0.29, 0.717) is 18.0 Å². The van der Waals surface area contributed by atoms with Crippen LogP contribution in [0, 0.1) is 5.92 Å². The van der Waals surface area contributed by atoms with E-state index in [1.807, 2.05) is 12.1 Å². The zero-order chi connectivity index (χ0) is 14.2. The van der Waals surface area contributed by atoms with Crippen molar-refractivity contribution >= 4 is 5.91 Å². The van der Waals surface area contributed by atoms with Gasteiger partial charge in [-0.3, -0.25) is 4.79 Å². The highest BCUT2D eigenvalue weighted by Crippen LogP contribution is 2.36. The largest absolute Gasteiger partial charge is 0.340 e. The van der Waals surface area contributed by atoms with Gasteiger partial charge in [0.15, 0.2) is 0 Å². The summed E-state index contributed by atoms with van der Waals surface area (Å²) in [7, 11) is 0. The molecule has 1 amide bonds. The van der Waals surface area contributed by atoms with Crippen molar-refractivity contribution in [2.24, 2.45) is 5.92 Å². The number of carbonyl (C=O) groups is 1. The Bertz CT molecular complexity index is 514. The van der Waals surface area contributed by atoms with E-state index in [-0.39, 0.29) is 5.91 Å². The van der Waals surface area contributed by atoms with Gasteiger partial charge in [0.25, 0.3) is 5.91 Å². The smallest absolute Gasteiger partial charge is 0.270 e. The van der Waals surface area contributed by atoms with Crippen LogP contribution in [0.4, 0.5) is 0 Å². The number of aromatic nitrogens is 1. The summed E-state index contributed by atoms with van der Waals surface area (Å²) >= 11 is 0. The average Bonchev–Trinajstić information content (AvgIpc) is 3.05. The summed E-state index contributed by atoms with van der Waals surface area (Å²) in [5.74, 6) is 0.893. The second-order valence-corrected chi connectivity index (χ2v) is 6.89. The van der Waals surface area contributed by atoms with Crippen molar-refractivity contribution in [2.75, 3.05) is 19.6 Å². The third-order valence-electron chi connectivity index (χ3n) is 5.35. The Morgan fingerprint density at radius 2 is 2.10 bits per heavy atom. The molecule has 1 aromatic heterocycles. The molecule has 0 radical (unpaired) electrons. The summed E-state index contributed by atoms with van der Waals surface area (Å²) in [6, 6.07) is 5.23. The van der Waals surface area contributed by atoms with Crippen LogP contribution in [0.2, 0.25) is 0 Å². The number of nitrogens with one attached hydrogen (secondary N) is 1. The topological polar surface area (TPSA) is 37.3 Å². The molecule has 2 unspecified atom stereocenters. The van der Waals surface area contributed by atoms with E-state index in [1.54, 1.807) is 0 Å². The maximum atomic E-state index is 12.9. The molecular formula is C17H25N3O. The number of hydrogen-bond donors (Lipinski definition) is 1. The molecule has 1 aromatic rings. The predicted molar refractivity (Wildman–Crippen MR) is 82.4 cm³/mol. The molecule has 1 aliphatic carbocycles. The van der Waals surface area contributed by atoms with Crippen LogP contribution in [0.15, 0.2) is 18.3 Å². The normalized spacial score (nSPS) is 29.8. The summed E-state index contributed by atoms with van der Waals surface area (Å²) in [5.41, 5.74) is 0.900. The number of likely N-dealkylation sites (tertiary alicyclic amines) is 1. The van der Waals surface area contributed by atoms with Gasteiger partial charge in [-0.15, -0.1) is 0 Å². The highest BCUT2D eigenvalue weighted by molar-refractivity contribution is 5.93. The zero-order valence-electron chi connectivity index (χ0n) is 12.6. The van der Waals surface area contributed by atoms with Gasteiger partial charge in [0, 0.05) is 31.4 Å². The van der Waals surface area contributed by atoms with Crippen molar-refractivity contribution in [2.45, 2.75) is 50.6 Å². The minimum Gasteiger partial charge on any atom is -0.340 e. The number of rotatable bonds is 3. The van der Waals surface area contributed by atoms with Crippen molar-refractivity contribution in [3.8, 4) is 0 Å². The van der Waals surface area contributed by atoms with E-state index in [0.717, 1.165) is 31.7 Å². The average molecular weight is 287 g/mol. The van der Waals surface area contributed by atoms with E-state index >= 15 is 0 Å². The van der Waals surface area contributed by atoms with E-state index in [1.165, 1.54) is 32.1 Å². The predicted octanol–water partition coefficient (Wildman–Crippen LogP) is 2.43. The Kier molecular flexibility index (Phi) is 3.49. The quantitative estimate of drug-likeness (QED) is 0.927. The van der Waals surface area contributed by atoms with Gasteiger partial charge < -0.3 is 14.8 Å². The summed E-state index contributed by atoms with van der Waals surface area (Å²) in [6.07, 6.45) is 9.52. The van der Waals surface area contributed by atoms with E-state index in [2.05, 4.69) is 21.0 Å². The molecule has 114 valence electrons. The second-order valence-electron chi connectivity index (χ2n) is 6.89. The first-order chi connectivity index (χ1) is 10.3. The Morgan fingerprint density at radius 1 is 1.19 bits per heavy atom. The fourth-order valence-electron chi connectivity index (χ4n) is 4.04. The Hall–Kier alpha value is -1.29. The molecule has 2 aliphatic heterocycles. The molecule has 21 heavy (non-hydrogen) atoms. The van der Waals surface area contributed by atoms with Crippen molar-refractivity contribution < 1.29 is 4.79 Å². The number of carbonyl (C=O) groups excluding carboxylic acids is 1. The third-order valence-corrected chi connectivity index (χ3v) is 5.35. The SMILES string of the molecule is O=C(c1cccn1C1CC1)N1CCCC(C2CCCN2)C1. The van der Waals surface area contributed by atoms with Crippen molar-refractivity contribution in [1.29, 1.82) is 0 Å². The highest BCUT2D eigenvalue weighted by Gasteiger charge is 2.33. The lowest BCUT2D eigenvalue weighted by Crippen LogP contribution is -2.46. The maximum absolute atomic E-state index is 12.9. The highest BCUT2D eigenvalue weighted by atomic mass is 16.2. The van der Waals surface area contributed by atoms with Crippen LogP contribution < -0.4 is 5.32 Å². The molecule has 1 N–H and O–H groups in total. The third kappa shape index (κ3) is 2.61. The lowest BCUT2D eigenvalue weighted by Gasteiger charge is -2.36. The van der Waals surface area contributed by atoms with Gasteiger partial charge in [-0.1, -0.05) is 0 Å². The first-order valence-corrected chi connectivity index (χ1v) is 8.52. The molecule has 3 heterocycles. The Labute approximate surface area is 126 Å². The maximum Gasteiger partial charge on any atom is 0.270 e. The van der Waals surface area contributed by atoms with Gasteiger partial charge in [0.05, 0.1) is 0 Å². The molecular weight excluding hydrogens is 262 g/mol. The van der Waals surface area contributed by atoms with Crippen LogP contribution in [0.5, 0.6) is 0 Å². The summed E-state index contributed by atoms with van der Waals surface area (Å²) in [5, 5.41) is 3.62. The molecule has 0 spiro atoms. The van der Waals surface area contributed by atoms with Crippen LogP contribution in [0.1, 0.15) is 55.1 Å². The van der Waals surface area contributed by atoms with Crippen LogP contribution in [0.3, 0.4) is 0 Å². The molecule has 0 bridgehead atoms. The van der Waals surface area contributed by atoms with Gasteiger partial charge in [-0.2, -0.15) is 0 Å². The van der Waals surface area contributed by atoms with Gasteiger partial charge in [-0.05, 0) is 63.1 Å². The molecule has 4 heteroatoms. The summed E-state index contributed by atoms with van der Waals surface area (Å²) in [4.78, 5) is 15.0. The zero-order valence-corrected chi connectivity index (χ0v) is 12.6. The summed E-state index contributed by atoms with van der Waals surface area (Å²) in [6.45, 7) is 3.02. The Morgan fingerprint density at radius 3 is 2.86 bits per heavy atom. The lowest BCUT2D eigenvalue weighted by atomic mass is 9.89. The van der Waals surface area contributed by atoms with Crippen LogP contribution in [-0.4, -0.2) is 41.1 Å². The second kappa shape index (κ2) is 5.48.